The van der Waals surface area contributed by atoms with Crippen LogP contribution in [0.3, 0.4) is 0 Å². The molecule has 1 atom stereocenters. The lowest BCUT2D eigenvalue weighted by molar-refractivity contribution is -0.134. The van der Waals surface area contributed by atoms with Gasteiger partial charge in [0.2, 0.25) is 11.9 Å². The van der Waals surface area contributed by atoms with Gasteiger partial charge >= 0.3 is 0 Å². The van der Waals surface area contributed by atoms with Crippen molar-refractivity contribution in [3.63, 3.8) is 0 Å². The molecule has 6 heteroatoms. The van der Waals surface area contributed by atoms with Gasteiger partial charge in [-0.05, 0) is 74.3 Å². The lowest BCUT2D eigenvalue weighted by Gasteiger charge is -2.26. The number of aromatic nitrogens is 2. The summed E-state index contributed by atoms with van der Waals surface area (Å²) in [5.74, 6) is 2.15. The molecule has 1 amide bonds. The van der Waals surface area contributed by atoms with Crippen LogP contribution in [0.25, 0.3) is 5.57 Å². The molecule has 1 aromatic carbocycles. The summed E-state index contributed by atoms with van der Waals surface area (Å²) >= 11 is 0. The SMILES string of the molecule is CCc1cnc(N(CC)CCCCOc2ccc(C3=CCC(C(=O)N4CC=CC4)CC3)cc2)nc1. The molecule has 2 aromatic rings. The second-order valence-corrected chi connectivity index (χ2v) is 9.32. The number of anilines is 1. The molecule has 0 spiro atoms. The topological polar surface area (TPSA) is 58.6 Å². The van der Waals surface area contributed by atoms with Crippen LogP contribution >= 0.6 is 0 Å². The fourth-order valence-corrected chi connectivity index (χ4v) is 4.69. The minimum atomic E-state index is 0.132. The second kappa shape index (κ2) is 12.5. The highest BCUT2D eigenvalue weighted by atomic mass is 16.5. The number of benzene rings is 1. The number of allylic oxidation sites excluding steroid dienone is 2. The van der Waals surface area contributed by atoms with Crippen molar-refractivity contribution in [3.05, 3.63) is 66.0 Å². The first-order valence-corrected chi connectivity index (χ1v) is 13.1. The average molecular weight is 475 g/mol. The van der Waals surface area contributed by atoms with Crippen LogP contribution in [0.1, 0.15) is 57.1 Å². The number of nitrogens with zero attached hydrogens (tertiary/aromatic N) is 4. The van der Waals surface area contributed by atoms with Gasteiger partial charge in [0, 0.05) is 44.5 Å². The average Bonchev–Trinajstić information content (AvgIpc) is 3.46. The van der Waals surface area contributed by atoms with Gasteiger partial charge < -0.3 is 14.5 Å². The fourth-order valence-electron chi connectivity index (χ4n) is 4.69. The van der Waals surface area contributed by atoms with Gasteiger partial charge in [0.25, 0.3) is 0 Å². The van der Waals surface area contributed by atoms with Crippen LogP contribution < -0.4 is 9.64 Å². The van der Waals surface area contributed by atoms with Crippen molar-refractivity contribution >= 4 is 17.4 Å². The monoisotopic (exact) mass is 474 g/mol. The zero-order valence-corrected chi connectivity index (χ0v) is 21.2. The largest absolute Gasteiger partial charge is 0.494 e. The van der Waals surface area contributed by atoms with Crippen molar-refractivity contribution < 1.29 is 9.53 Å². The minimum absolute atomic E-state index is 0.132. The van der Waals surface area contributed by atoms with E-state index in [1.165, 1.54) is 16.7 Å². The molecule has 4 rings (SSSR count). The van der Waals surface area contributed by atoms with Crippen molar-refractivity contribution in [3.8, 4) is 5.75 Å². The molecule has 6 nitrogen and oxygen atoms in total. The minimum Gasteiger partial charge on any atom is -0.494 e. The van der Waals surface area contributed by atoms with E-state index in [-0.39, 0.29) is 5.92 Å². The summed E-state index contributed by atoms with van der Waals surface area (Å²) < 4.78 is 5.98. The first-order chi connectivity index (χ1) is 17.2. The normalized spacial score (nSPS) is 17.4. The first-order valence-electron chi connectivity index (χ1n) is 13.1. The zero-order chi connectivity index (χ0) is 24.5. The maximum Gasteiger partial charge on any atom is 0.226 e. The van der Waals surface area contributed by atoms with E-state index < -0.39 is 0 Å². The molecule has 2 heterocycles. The standard InChI is InChI=1S/C29H38N4O2/c1-3-23-21-30-29(31-22-23)32(4-2)17-7-8-20-35-27-15-13-25(14-16-27)24-9-11-26(12-10-24)28(34)33-18-5-6-19-33/h5-6,9,13-16,21-22,26H,3-4,7-8,10-12,17-20H2,1-2H3. The summed E-state index contributed by atoms with van der Waals surface area (Å²) in [7, 11) is 0. The third-order valence-electron chi connectivity index (χ3n) is 6.97. The number of hydrogen-bond acceptors (Lipinski definition) is 5. The molecule has 0 bridgehead atoms. The number of carbonyl (C=O) groups is 1. The third kappa shape index (κ3) is 6.71. The van der Waals surface area contributed by atoms with E-state index in [1.807, 2.05) is 17.3 Å². The van der Waals surface area contributed by atoms with Gasteiger partial charge in [0.1, 0.15) is 5.75 Å². The molecule has 0 saturated heterocycles. The summed E-state index contributed by atoms with van der Waals surface area (Å²) in [4.78, 5) is 25.8. The van der Waals surface area contributed by atoms with Gasteiger partial charge in [-0.3, -0.25) is 4.79 Å². The number of unbranched alkanes of at least 4 members (excludes halogenated alkanes) is 1. The number of carbonyl (C=O) groups excluding carboxylic acids is 1. The van der Waals surface area contributed by atoms with Gasteiger partial charge in [0.15, 0.2) is 0 Å². The van der Waals surface area contributed by atoms with Crippen LogP contribution in [-0.2, 0) is 11.2 Å². The lowest BCUT2D eigenvalue weighted by atomic mass is 9.86. The molecule has 1 aromatic heterocycles. The molecule has 1 aliphatic heterocycles. The number of ether oxygens (including phenoxy) is 1. The van der Waals surface area contributed by atoms with Crippen molar-refractivity contribution in [1.82, 2.24) is 14.9 Å². The van der Waals surface area contributed by atoms with E-state index >= 15 is 0 Å². The Morgan fingerprint density at radius 3 is 2.46 bits per heavy atom. The Balaban J connectivity index is 1.18. The fraction of sp³-hybridized carbons (Fsp3) is 0.483. The van der Waals surface area contributed by atoms with Crippen molar-refractivity contribution in [2.75, 3.05) is 37.7 Å². The quantitative estimate of drug-likeness (QED) is 0.326. The van der Waals surface area contributed by atoms with Crippen molar-refractivity contribution in [2.24, 2.45) is 5.92 Å². The Morgan fingerprint density at radius 2 is 1.83 bits per heavy atom. The summed E-state index contributed by atoms with van der Waals surface area (Å²) in [5.41, 5.74) is 3.74. The Hall–Kier alpha value is -3.15. The maximum absolute atomic E-state index is 12.6. The van der Waals surface area contributed by atoms with Crippen molar-refractivity contribution in [2.45, 2.75) is 52.4 Å². The highest BCUT2D eigenvalue weighted by molar-refractivity contribution is 5.81. The second-order valence-electron chi connectivity index (χ2n) is 9.32. The van der Waals surface area contributed by atoms with E-state index in [4.69, 9.17) is 4.74 Å². The molecule has 0 saturated carbocycles. The van der Waals surface area contributed by atoms with Gasteiger partial charge in [-0.25, -0.2) is 9.97 Å². The molecular formula is C29H38N4O2. The molecular weight excluding hydrogens is 436 g/mol. The third-order valence-corrected chi connectivity index (χ3v) is 6.97. The maximum atomic E-state index is 12.6. The van der Waals surface area contributed by atoms with Gasteiger partial charge in [-0.2, -0.15) is 0 Å². The molecule has 1 unspecified atom stereocenters. The lowest BCUT2D eigenvalue weighted by Crippen LogP contribution is -2.34. The van der Waals surface area contributed by atoms with Gasteiger partial charge in [-0.15, -0.1) is 0 Å². The number of rotatable bonds is 11. The van der Waals surface area contributed by atoms with Crippen LogP contribution in [0.15, 0.2) is 54.9 Å². The molecule has 1 aliphatic carbocycles. The molecule has 186 valence electrons. The summed E-state index contributed by atoms with van der Waals surface area (Å²) in [6.07, 6.45) is 16.0. The first kappa shape index (κ1) is 25.0. The zero-order valence-electron chi connectivity index (χ0n) is 21.2. The number of aryl methyl sites for hydroxylation is 1. The summed E-state index contributed by atoms with van der Waals surface area (Å²) in [5, 5.41) is 0. The van der Waals surface area contributed by atoms with Crippen LogP contribution in [0.4, 0.5) is 5.95 Å². The molecule has 0 radical (unpaired) electrons. The Morgan fingerprint density at radius 1 is 1.09 bits per heavy atom. The van der Waals surface area contributed by atoms with E-state index in [1.54, 1.807) is 0 Å². The van der Waals surface area contributed by atoms with Crippen LogP contribution in [0.2, 0.25) is 0 Å². The van der Waals surface area contributed by atoms with Gasteiger partial charge in [0.05, 0.1) is 6.61 Å². The number of amides is 1. The van der Waals surface area contributed by atoms with E-state index in [0.717, 1.165) is 76.4 Å². The van der Waals surface area contributed by atoms with Gasteiger partial charge in [-0.1, -0.05) is 37.3 Å². The van der Waals surface area contributed by atoms with E-state index in [9.17, 15) is 4.79 Å². The highest BCUT2D eigenvalue weighted by Gasteiger charge is 2.26. The molecule has 0 N–H and O–H groups in total. The predicted octanol–water partition coefficient (Wildman–Crippen LogP) is 5.31. The molecule has 0 fully saturated rings. The Kier molecular flexibility index (Phi) is 8.93. The van der Waals surface area contributed by atoms with Crippen LogP contribution in [0, 0.1) is 5.92 Å². The Labute approximate surface area is 209 Å². The smallest absolute Gasteiger partial charge is 0.226 e. The van der Waals surface area contributed by atoms with Crippen molar-refractivity contribution in [1.29, 1.82) is 0 Å². The molecule has 35 heavy (non-hydrogen) atoms. The Bertz CT molecular complexity index is 1010. The molecule has 2 aliphatic rings. The summed E-state index contributed by atoms with van der Waals surface area (Å²) in [6.45, 7) is 8.31. The highest BCUT2D eigenvalue weighted by Crippen LogP contribution is 2.32. The van der Waals surface area contributed by atoms with E-state index in [2.05, 4.69) is 71.2 Å². The predicted molar refractivity (Wildman–Crippen MR) is 142 cm³/mol. The van der Waals surface area contributed by atoms with Crippen LogP contribution in [0.5, 0.6) is 5.75 Å². The summed E-state index contributed by atoms with van der Waals surface area (Å²) in [6, 6.07) is 8.41. The van der Waals surface area contributed by atoms with Crippen LogP contribution in [-0.4, -0.2) is 53.6 Å². The van der Waals surface area contributed by atoms with E-state index in [0.29, 0.717) is 12.5 Å². The number of hydrogen-bond donors (Lipinski definition) is 0.